The molecule has 138 valence electrons. The highest BCUT2D eigenvalue weighted by atomic mass is 16.3. The number of nitrogens with one attached hydrogen (secondary N) is 2. The Bertz CT molecular complexity index is 591. The fourth-order valence-corrected chi connectivity index (χ4v) is 3.62. The van der Waals surface area contributed by atoms with Gasteiger partial charge in [0.15, 0.2) is 0 Å². The summed E-state index contributed by atoms with van der Waals surface area (Å²) in [4.78, 5) is 23.2. The van der Waals surface area contributed by atoms with Gasteiger partial charge in [-0.05, 0) is 18.8 Å². The van der Waals surface area contributed by atoms with Gasteiger partial charge in [0.2, 0.25) is 5.91 Å². The lowest BCUT2D eigenvalue weighted by Gasteiger charge is -2.28. The molecule has 1 aliphatic carbocycles. The molecule has 1 saturated carbocycles. The third kappa shape index (κ3) is 4.21. The number of carbonyl (C=O) groups excluding carboxylic acids is 1. The van der Waals surface area contributed by atoms with E-state index in [1.54, 1.807) is 6.33 Å². The summed E-state index contributed by atoms with van der Waals surface area (Å²) in [5.41, 5.74) is 0. The lowest BCUT2D eigenvalue weighted by atomic mass is 9.84. The lowest BCUT2D eigenvalue weighted by Crippen LogP contribution is -2.46. The SMILES string of the molecule is CC(C)C1CN(c2cc(NCCO)ncn2)CC1NC(=O)C1CCC1. The Balaban J connectivity index is 1.67. The van der Waals surface area contributed by atoms with Crippen LogP contribution in [-0.4, -0.2) is 53.3 Å². The van der Waals surface area contributed by atoms with Crippen molar-refractivity contribution in [3.8, 4) is 0 Å². The number of nitrogens with zero attached hydrogens (tertiary/aromatic N) is 3. The molecule has 1 aromatic heterocycles. The van der Waals surface area contributed by atoms with Gasteiger partial charge in [0.1, 0.15) is 18.0 Å². The molecular formula is C18H29N5O2. The van der Waals surface area contributed by atoms with Crippen LogP contribution in [0.1, 0.15) is 33.1 Å². The standard InChI is InChI=1S/C18H29N5O2/c1-12(2)14-9-23(10-15(14)22-18(25)13-4-3-5-13)17-8-16(19-6-7-24)20-11-21-17/h8,11-15,24H,3-7,9-10H2,1-2H3,(H,22,25)(H,19,20,21). The van der Waals surface area contributed by atoms with Crippen LogP contribution in [0.15, 0.2) is 12.4 Å². The van der Waals surface area contributed by atoms with Gasteiger partial charge in [-0.1, -0.05) is 20.3 Å². The lowest BCUT2D eigenvalue weighted by molar-refractivity contribution is -0.128. The van der Waals surface area contributed by atoms with Crippen molar-refractivity contribution in [3.05, 3.63) is 12.4 Å². The number of hydrogen-bond donors (Lipinski definition) is 3. The predicted octanol–water partition coefficient (Wildman–Crippen LogP) is 1.26. The second kappa shape index (κ2) is 7.99. The molecule has 0 bridgehead atoms. The van der Waals surface area contributed by atoms with E-state index in [9.17, 15) is 4.79 Å². The van der Waals surface area contributed by atoms with E-state index in [0.29, 0.717) is 24.2 Å². The van der Waals surface area contributed by atoms with Gasteiger partial charge < -0.3 is 20.6 Å². The van der Waals surface area contributed by atoms with Gasteiger partial charge in [0.25, 0.3) is 0 Å². The quantitative estimate of drug-likeness (QED) is 0.688. The molecule has 1 aliphatic heterocycles. The summed E-state index contributed by atoms with van der Waals surface area (Å²) in [6.45, 7) is 6.61. The molecule has 2 fully saturated rings. The first kappa shape index (κ1) is 17.9. The van der Waals surface area contributed by atoms with Gasteiger partial charge in [-0.2, -0.15) is 0 Å². The highest BCUT2D eigenvalue weighted by molar-refractivity contribution is 5.79. The average Bonchev–Trinajstić information content (AvgIpc) is 2.95. The molecule has 2 unspecified atom stereocenters. The largest absolute Gasteiger partial charge is 0.395 e. The summed E-state index contributed by atoms with van der Waals surface area (Å²) in [6, 6.07) is 2.07. The summed E-state index contributed by atoms with van der Waals surface area (Å²) in [7, 11) is 0. The van der Waals surface area contributed by atoms with Gasteiger partial charge in [-0.3, -0.25) is 4.79 Å². The molecule has 1 aromatic rings. The molecule has 3 N–H and O–H groups in total. The fourth-order valence-electron chi connectivity index (χ4n) is 3.62. The first-order valence-corrected chi connectivity index (χ1v) is 9.30. The summed E-state index contributed by atoms with van der Waals surface area (Å²) >= 11 is 0. The van der Waals surface area contributed by atoms with Crippen LogP contribution < -0.4 is 15.5 Å². The Labute approximate surface area is 149 Å². The Kier molecular flexibility index (Phi) is 5.73. The van der Waals surface area contributed by atoms with Crippen LogP contribution in [0.4, 0.5) is 11.6 Å². The number of hydrogen-bond acceptors (Lipinski definition) is 6. The topological polar surface area (TPSA) is 90.4 Å². The number of amides is 1. The molecule has 0 spiro atoms. The number of aliphatic hydroxyl groups excluding tert-OH is 1. The van der Waals surface area contributed by atoms with E-state index >= 15 is 0 Å². The minimum absolute atomic E-state index is 0.0632. The molecule has 2 aliphatic rings. The van der Waals surface area contributed by atoms with E-state index in [4.69, 9.17) is 5.11 Å². The van der Waals surface area contributed by atoms with Crippen molar-refractivity contribution >= 4 is 17.5 Å². The maximum atomic E-state index is 12.4. The molecule has 0 radical (unpaired) electrons. The van der Waals surface area contributed by atoms with E-state index in [-0.39, 0.29) is 24.5 Å². The van der Waals surface area contributed by atoms with Crippen molar-refractivity contribution in [2.24, 2.45) is 17.8 Å². The predicted molar refractivity (Wildman–Crippen MR) is 97.4 cm³/mol. The molecular weight excluding hydrogens is 318 g/mol. The van der Waals surface area contributed by atoms with Crippen molar-refractivity contribution in [1.82, 2.24) is 15.3 Å². The minimum Gasteiger partial charge on any atom is -0.395 e. The van der Waals surface area contributed by atoms with Crippen LogP contribution >= 0.6 is 0 Å². The molecule has 25 heavy (non-hydrogen) atoms. The van der Waals surface area contributed by atoms with E-state index in [2.05, 4.69) is 39.3 Å². The Morgan fingerprint density at radius 1 is 1.36 bits per heavy atom. The Morgan fingerprint density at radius 3 is 2.80 bits per heavy atom. The summed E-state index contributed by atoms with van der Waals surface area (Å²) in [5.74, 6) is 2.91. The van der Waals surface area contributed by atoms with Crippen molar-refractivity contribution in [2.75, 3.05) is 36.5 Å². The van der Waals surface area contributed by atoms with E-state index in [1.807, 2.05) is 6.07 Å². The average molecular weight is 347 g/mol. The molecule has 1 amide bonds. The zero-order valence-electron chi connectivity index (χ0n) is 15.1. The van der Waals surface area contributed by atoms with Crippen molar-refractivity contribution < 1.29 is 9.90 Å². The van der Waals surface area contributed by atoms with Crippen LogP contribution in [0.2, 0.25) is 0 Å². The highest BCUT2D eigenvalue weighted by Gasteiger charge is 2.38. The maximum Gasteiger partial charge on any atom is 0.223 e. The molecule has 2 atom stereocenters. The molecule has 7 heteroatoms. The number of anilines is 2. The van der Waals surface area contributed by atoms with Gasteiger partial charge in [-0.25, -0.2) is 9.97 Å². The van der Waals surface area contributed by atoms with Crippen LogP contribution in [0, 0.1) is 17.8 Å². The monoisotopic (exact) mass is 347 g/mol. The first-order valence-electron chi connectivity index (χ1n) is 9.30. The third-order valence-corrected chi connectivity index (χ3v) is 5.42. The zero-order chi connectivity index (χ0) is 17.8. The number of aromatic nitrogens is 2. The van der Waals surface area contributed by atoms with E-state index in [0.717, 1.165) is 31.7 Å². The Hall–Kier alpha value is -1.89. The summed E-state index contributed by atoms with van der Waals surface area (Å²) in [5, 5.41) is 15.3. The molecule has 3 rings (SSSR count). The van der Waals surface area contributed by atoms with Crippen molar-refractivity contribution in [1.29, 1.82) is 0 Å². The van der Waals surface area contributed by atoms with Crippen LogP contribution in [0.3, 0.4) is 0 Å². The fraction of sp³-hybridized carbons (Fsp3) is 0.722. The van der Waals surface area contributed by atoms with Crippen molar-refractivity contribution in [3.63, 3.8) is 0 Å². The third-order valence-electron chi connectivity index (χ3n) is 5.42. The second-order valence-corrected chi connectivity index (χ2v) is 7.47. The first-order chi connectivity index (χ1) is 12.1. The normalized spacial score (nSPS) is 23.6. The second-order valence-electron chi connectivity index (χ2n) is 7.47. The number of aliphatic hydroxyl groups is 1. The van der Waals surface area contributed by atoms with Gasteiger partial charge >= 0.3 is 0 Å². The van der Waals surface area contributed by atoms with Gasteiger partial charge in [0.05, 0.1) is 12.6 Å². The van der Waals surface area contributed by atoms with Crippen LogP contribution in [-0.2, 0) is 4.79 Å². The van der Waals surface area contributed by atoms with E-state index in [1.165, 1.54) is 6.42 Å². The number of carbonyl (C=O) groups is 1. The molecule has 7 nitrogen and oxygen atoms in total. The molecule has 0 aromatic carbocycles. The van der Waals surface area contributed by atoms with Crippen LogP contribution in [0.5, 0.6) is 0 Å². The van der Waals surface area contributed by atoms with Gasteiger partial charge in [0, 0.05) is 37.5 Å². The smallest absolute Gasteiger partial charge is 0.223 e. The molecule has 2 heterocycles. The van der Waals surface area contributed by atoms with Gasteiger partial charge in [-0.15, -0.1) is 0 Å². The minimum atomic E-state index is 0.0632. The highest BCUT2D eigenvalue weighted by Crippen LogP contribution is 2.30. The van der Waals surface area contributed by atoms with Crippen LogP contribution in [0.25, 0.3) is 0 Å². The summed E-state index contributed by atoms with van der Waals surface area (Å²) in [6.07, 6.45) is 4.77. The van der Waals surface area contributed by atoms with E-state index < -0.39 is 0 Å². The number of rotatable bonds is 7. The van der Waals surface area contributed by atoms with Crippen molar-refractivity contribution in [2.45, 2.75) is 39.2 Å². The zero-order valence-corrected chi connectivity index (χ0v) is 15.1. The molecule has 1 saturated heterocycles. The Morgan fingerprint density at radius 2 is 2.16 bits per heavy atom. The maximum absolute atomic E-state index is 12.4. The summed E-state index contributed by atoms with van der Waals surface area (Å²) < 4.78 is 0.